The quantitative estimate of drug-likeness (QED) is 0.451. The molecular weight excluding hydrogens is 414 g/mol. The van der Waals surface area contributed by atoms with Crippen molar-refractivity contribution in [2.45, 2.75) is 70.3 Å². The molecule has 0 saturated heterocycles. The van der Waals surface area contributed by atoms with Gasteiger partial charge in [0.1, 0.15) is 17.3 Å². The minimum absolute atomic E-state index is 0.142. The van der Waals surface area contributed by atoms with Crippen LogP contribution in [0.25, 0.3) is 0 Å². The summed E-state index contributed by atoms with van der Waals surface area (Å²) in [5, 5.41) is 11.5. The Morgan fingerprint density at radius 3 is 2.00 bits per heavy atom. The summed E-state index contributed by atoms with van der Waals surface area (Å²) in [7, 11) is 0. The van der Waals surface area contributed by atoms with Gasteiger partial charge in [-0.3, -0.25) is 15.1 Å². The van der Waals surface area contributed by atoms with Crippen LogP contribution in [-0.4, -0.2) is 52.7 Å². The van der Waals surface area contributed by atoms with Gasteiger partial charge in [-0.25, -0.2) is 4.79 Å². The van der Waals surface area contributed by atoms with Crippen molar-refractivity contribution < 1.29 is 50.6 Å². The number of ether oxygens (including phenoxy) is 1. The van der Waals surface area contributed by atoms with Crippen LogP contribution in [0.1, 0.15) is 34.6 Å². The highest BCUT2D eigenvalue weighted by molar-refractivity contribution is 5.96. The van der Waals surface area contributed by atoms with Crippen molar-refractivity contribution in [1.82, 2.24) is 10.8 Å². The Morgan fingerprint density at radius 2 is 1.62 bits per heavy atom. The molecule has 0 saturated carbocycles. The van der Waals surface area contributed by atoms with Gasteiger partial charge in [0.15, 0.2) is 6.10 Å². The minimum Gasteiger partial charge on any atom is -0.458 e. The second kappa shape index (κ2) is 8.01. The lowest BCUT2D eigenvalue weighted by molar-refractivity contribution is -0.390. The van der Waals surface area contributed by atoms with Crippen molar-refractivity contribution in [3.05, 3.63) is 11.8 Å². The summed E-state index contributed by atoms with van der Waals surface area (Å²) in [5.41, 5.74) is -5.36. The van der Waals surface area contributed by atoms with Crippen LogP contribution in [0.2, 0.25) is 0 Å². The second-order valence-corrected chi connectivity index (χ2v) is 7.71. The van der Waals surface area contributed by atoms with Crippen LogP contribution in [-0.2, 0) is 19.2 Å². The molecule has 1 rings (SSSR count). The molecule has 168 valence electrons. The van der Waals surface area contributed by atoms with Crippen LogP contribution in [0.4, 0.5) is 26.3 Å². The summed E-state index contributed by atoms with van der Waals surface area (Å²) < 4.78 is 82.5. The Kier molecular flexibility index (Phi) is 6.91. The fourth-order valence-corrected chi connectivity index (χ4v) is 2.24. The lowest BCUT2D eigenvalue weighted by Gasteiger charge is -2.34. The number of hydrogen-bond acceptors (Lipinski definition) is 6. The molecule has 1 aliphatic heterocycles. The number of amides is 1. The monoisotopic (exact) mass is 436 g/mol. The lowest BCUT2D eigenvalue weighted by atomic mass is 9.94. The zero-order valence-electron chi connectivity index (χ0n) is 16.2. The Hall–Kier alpha value is -2.02. The fourth-order valence-electron chi connectivity index (χ4n) is 2.24. The SMILES string of the molecule is CC(C)C(NC(=O)C1=CC(C(O)(C(F)(F)F)C(F)(F)F)ON1)C(=O)OC(C)(C)C. The summed E-state index contributed by atoms with van der Waals surface area (Å²) in [5.74, 6) is -2.59. The van der Waals surface area contributed by atoms with Gasteiger partial charge in [0.05, 0.1) is 0 Å². The molecule has 0 radical (unpaired) electrons. The van der Waals surface area contributed by atoms with Crippen molar-refractivity contribution >= 4 is 11.9 Å². The van der Waals surface area contributed by atoms with Gasteiger partial charge in [0.25, 0.3) is 11.5 Å². The first-order valence-electron chi connectivity index (χ1n) is 8.34. The van der Waals surface area contributed by atoms with E-state index in [4.69, 9.17) is 4.74 Å². The molecule has 1 heterocycles. The molecule has 2 atom stereocenters. The Labute approximate surface area is 162 Å². The second-order valence-electron chi connectivity index (χ2n) is 7.71. The average molecular weight is 436 g/mol. The predicted molar refractivity (Wildman–Crippen MR) is 85.8 cm³/mol. The molecule has 1 amide bonds. The average Bonchev–Trinajstić information content (AvgIpc) is 2.97. The molecule has 0 aromatic heterocycles. The first-order valence-corrected chi connectivity index (χ1v) is 8.34. The molecule has 3 N–H and O–H groups in total. The summed E-state index contributed by atoms with van der Waals surface area (Å²) in [4.78, 5) is 28.6. The molecule has 1 aliphatic rings. The summed E-state index contributed by atoms with van der Waals surface area (Å²) in [6, 6.07) is -1.24. The molecular formula is C16H22F6N2O5. The van der Waals surface area contributed by atoms with E-state index in [1.54, 1.807) is 26.3 Å². The number of halogens is 6. The van der Waals surface area contributed by atoms with E-state index in [-0.39, 0.29) is 6.08 Å². The molecule has 0 fully saturated rings. The third-order valence-corrected chi connectivity index (χ3v) is 3.75. The van der Waals surface area contributed by atoms with Crippen LogP contribution in [0.3, 0.4) is 0 Å². The lowest BCUT2D eigenvalue weighted by Crippen LogP contribution is -2.64. The number of hydrogen-bond donors (Lipinski definition) is 3. The van der Waals surface area contributed by atoms with E-state index >= 15 is 0 Å². The van der Waals surface area contributed by atoms with E-state index in [1.165, 1.54) is 13.8 Å². The van der Waals surface area contributed by atoms with E-state index in [0.717, 1.165) is 0 Å². The Bertz CT molecular complexity index is 652. The van der Waals surface area contributed by atoms with Gasteiger partial charge in [-0.15, -0.1) is 0 Å². The number of carbonyl (C=O) groups is 2. The number of carbonyl (C=O) groups excluding carboxylic acids is 2. The molecule has 29 heavy (non-hydrogen) atoms. The summed E-state index contributed by atoms with van der Waals surface area (Å²) >= 11 is 0. The number of esters is 1. The van der Waals surface area contributed by atoms with Gasteiger partial charge >= 0.3 is 18.3 Å². The minimum atomic E-state index is -6.14. The molecule has 0 spiro atoms. The molecule has 0 aromatic rings. The fraction of sp³-hybridized carbons (Fsp3) is 0.750. The Morgan fingerprint density at radius 1 is 1.14 bits per heavy atom. The van der Waals surface area contributed by atoms with E-state index in [9.17, 15) is 41.0 Å². The van der Waals surface area contributed by atoms with E-state index in [1.807, 2.05) is 0 Å². The molecule has 13 heteroatoms. The standard InChI is InChI=1S/C16H22F6N2O5/c1-7(2)10(12(26)28-13(3,4)5)23-11(25)8-6-9(29-24-8)14(27,15(17,18)19)16(20,21)22/h6-7,9-10,24,27H,1-5H3,(H,23,25). The van der Waals surface area contributed by atoms with Crippen LogP contribution in [0, 0.1) is 5.92 Å². The van der Waals surface area contributed by atoms with Gasteiger partial charge in [0, 0.05) is 0 Å². The van der Waals surface area contributed by atoms with Gasteiger partial charge in [-0.05, 0) is 32.8 Å². The Balaban J connectivity index is 3.08. The van der Waals surface area contributed by atoms with E-state index in [0.29, 0.717) is 0 Å². The largest absolute Gasteiger partial charge is 0.458 e. The van der Waals surface area contributed by atoms with Crippen molar-refractivity contribution in [2.75, 3.05) is 0 Å². The van der Waals surface area contributed by atoms with Crippen LogP contribution < -0.4 is 10.8 Å². The maximum Gasteiger partial charge on any atom is 0.429 e. The van der Waals surface area contributed by atoms with Gasteiger partial charge in [0.2, 0.25) is 0 Å². The highest BCUT2D eigenvalue weighted by atomic mass is 19.4. The number of alkyl halides is 6. The number of hydroxylamine groups is 1. The van der Waals surface area contributed by atoms with Crippen molar-refractivity contribution in [1.29, 1.82) is 0 Å². The van der Waals surface area contributed by atoms with Crippen molar-refractivity contribution in [3.8, 4) is 0 Å². The first kappa shape index (κ1) is 25.0. The zero-order chi connectivity index (χ0) is 23.0. The van der Waals surface area contributed by atoms with Crippen LogP contribution >= 0.6 is 0 Å². The smallest absolute Gasteiger partial charge is 0.429 e. The highest BCUT2D eigenvalue weighted by Gasteiger charge is 2.75. The van der Waals surface area contributed by atoms with Gasteiger partial charge in [-0.2, -0.15) is 26.3 Å². The normalized spacial score (nSPS) is 19.5. The zero-order valence-corrected chi connectivity index (χ0v) is 16.2. The van der Waals surface area contributed by atoms with Gasteiger partial charge in [-0.1, -0.05) is 13.8 Å². The van der Waals surface area contributed by atoms with Crippen LogP contribution in [0.5, 0.6) is 0 Å². The third kappa shape index (κ3) is 5.53. The topological polar surface area (TPSA) is 96.9 Å². The molecule has 0 bridgehead atoms. The first-order chi connectivity index (χ1) is 12.8. The molecule has 0 aliphatic carbocycles. The van der Waals surface area contributed by atoms with Gasteiger partial charge < -0.3 is 15.2 Å². The van der Waals surface area contributed by atoms with E-state index < -0.39 is 59.2 Å². The predicted octanol–water partition coefficient (Wildman–Crippen LogP) is 2.11. The molecule has 2 unspecified atom stereocenters. The number of aliphatic hydroxyl groups is 1. The van der Waals surface area contributed by atoms with E-state index in [2.05, 4.69) is 10.2 Å². The van der Waals surface area contributed by atoms with Crippen molar-refractivity contribution in [2.24, 2.45) is 5.92 Å². The molecule has 0 aromatic carbocycles. The number of nitrogens with one attached hydrogen (secondary N) is 2. The summed E-state index contributed by atoms with van der Waals surface area (Å²) in [6.07, 6.45) is -15.1. The number of rotatable bonds is 5. The molecule has 7 nitrogen and oxygen atoms in total. The third-order valence-electron chi connectivity index (χ3n) is 3.75. The highest BCUT2D eigenvalue weighted by Crippen LogP contribution is 2.47. The van der Waals surface area contributed by atoms with Crippen LogP contribution in [0.15, 0.2) is 11.8 Å². The maximum absolute atomic E-state index is 12.9. The van der Waals surface area contributed by atoms with Crippen molar-refractivity contribution in [3.63, 3.8) is 0 Å². The summed E-state index contributed by atoms with van der Waals surface area (Å²) in [6.45, 7) is 7.78. The maximum atomic E-state index is 12.9.